The summed E-state index contributed by atoms with van der Waals surface area (Å²) < 4.78 is 28.4. The molecule has 1 atom stereocenters. The summed E-state index contributed by atoms with van der Waals surface area (Å²) in [6.45, 7) is 3.04. The monoisotopic (exact) mass is 374 g/mol. The lowest BCUT2D eigenvalue weighted by Gasteiger charge is -2.26. The molecule has 0 aromatic heterocycles. The van der Waals surface area contributed by atoms with Crippen LogP contribution in [0.4, 0.5) is 5.69 Å². The van der Waals surface area contributed by atoms with Crippen molar-refractivity contribution in [2.45, 2.75) is 62.7 Å². The topological polar surface area (TPSA) is 66.5 Å². The molecule has 1 aromatic carbocycles. The highest BCUT2D eigenvalue weighted by Gasteiger charge is 2.38. The predicted octanol–water partition coefficient (Wildman–Crippen LogP) is 3.25. The van der Waals surface area contributed by atoms with Crippen LogP contribution < -0.4 is 9.62 Å². The molecule has 2 aliphatic heterocycles. The van der Waals surface area contributed by atoms with Crippen LogP contribution in [0.5, 0.6) is 0 Å². The van der Waals surface area contributed by atoms with Gasteiger partial charge in [-0.2, -0.15) is 0 Å². The number of benzene rings is 1. The SMILES string of the molecule is C[C@@H]1C(=O)N2CCCc3cc(S(=O)(=O)NCCC4=CCCCC4)cc1c32. The third-order valence-corrected chi connectivity index (χ3v) is 7.27. The van der Waals surface area contributed by atoms with Crippen LogP contribution in [0.2, 0.25) is 0 Å². The third kappa shape index (κ3) is 3.09. The second-order valence-electron chi connectivity index (χ2n) is 7.59. The smallest absolute Gasteiger partial charge is 0.240 e. The quantitative estimate of drug-likeness (QED) is 0.805. The molecule has 1 aromatic rings. The molecule has 140 valence electrons. The van der Waals surface area contributed by atoms with E-state index >= 15 is 0 Å². The van der Waals surface area contributed by atoms with Crippen molar-refractivity contribution in [2.24, 2.45) is 0 Å². The molecule has 0 radical (unpaired) electrons. The summed E-state index contributed by atoms with van der Waals surface area (Å²) in [5, 5.41) is 0. The molecule has 0 fully saturated rings. The zero-order valence-corrected chi connectivity index (χ0v) is 16.1. The number of hydrogen-bond donors (Lipinski definition) is 1. The van der Waals surface area contributed by atoms with E-state index in [0.29, 0.717) is 11.4 Å². The fraction of sp³-hybridized carbons (Fsp3) is 0.550. The lowest BCUT2D eigenvalue weighted by molar-refractivity contribution is -0.119. The number of carbonyl (C=O) groups excluding carboxylic acids is 1. The first-order chi connectivity index (χ1) is 12.5. The molecular formula is C20H26N2O3S. The zero-order valence-electron chi connectivity index (χ0n) is 15.3. The second-order valence-corrected chi connectivity index (χ2v) is 9.36. The Morgan fingerprint density at radius 1 is 1.19 bits per heavy atom. The van der Waals surface area contributed by atoms with Crippen molar-refractivity contribution < 1.29 is 13.2 Å². The molecule has 2 heterocycles. The van der Waals surface area contributed by atoms with Gasteiger partial charge in [0, 0.05) is 13.1 Å². The van der Waals surface area contributed by atoms with Gasteiger partial charge in [0.15, 0.2) is 0 Å². The minimum absolute atomic E-state index is 0.0905. The fourth-order valence-corrected chi connectivity index (χ4v) is 5.50. The minimum atomic E-state index is -3.56. The summed E-state index contributed by atoms with van der Waals surface area (Å²) in [4.78, 5) is 14.6. The maximum Gasteiger partial charge on any atom is 0.240 e. The summed E-state index contributed by atoms with van der Waals surface area (Å²) in [7, 11) is -3.56. The number of nitrogens with one attached hydrogen (secondary N) is 1. The number of sulfonamides is 1. The van der Waals surface area contributed by atoms with Gasteiger partial charge in [-0.25, -0.2) is 13.1 Å². The summed E-state index contributed by atoms with van der Waals surface area (Å²) >= 11 is 0. The average molecular weight is 375 g/mol. The highest BCUT2D eigenvalue weighted by atomic mass is 32.2. The Bertz CT molecular complexity index is 873. The van der Waals surface area contributed by atoms with Gasteiger partial charge in [-0.15, -0.1) is 0 Å². The molecule has 0 bridgehead atoms. The van der Waals surface area contributed by atoms with E-state index in [1.54, 1.807) is 12.1 Å². The van der Waals surface area contributed by atoms with E-state index in [-0.39, 0.29) is 11.8 Å². The van der Waals surface area contributed by atoms with Crippen LogP contribution in [0, 0.1) is 0 Å². The number of nitrogens with zero attached hydrogens (tertiary/aromatic N) is 1. The van der Waals surface area contributed by atoms with E-state index in [0.717, 1.165) is 55.5 Å². The zero-order chi connectivity index (χ0) is 18.3. The second kappa shape index (κ2) is 6.82. The van der Waals surface area contributed by atoms with Crippen LogP contribution in [0.1, 0.15) is 62.5 Å². The number of allylic oxidation sites excluding steroid dienone is 1. The summed E-state index contributed by atoms with van der Waals surface area (Å²) in [6, 6.07) is 3.47. The molecule has 0 saturated heterocycles. The summed E-state index contributed by atoms with van der Waals surface area (Å²) in [5.74, 6) is -0.169. The van der Waals surface area contributed by atoms with Crippen molar-refractivity contribution in [3.63, 3.8) is 0 Å². The number of anilines is 1. The summed E-state index contributed by atoms with van der Waals surface area (Å²) in [5.41, 5.74) is 4.17. The molecule has 1 aliphatic carbocycles. The summed E-state index contributed by atoms with van der Waals surface area (Å²) in [6.07, 6.45) is 9.37. The largest absolute Gasteiger partial charge is 0.311 e. The third-order valence-electron chi connectivity index (χ3n) is 5.83. The Morgan fingerprint density at radius 3 is 2.81 bits per heavy atom. The van der Waals surface area contributed by atoms with Crippen molar-refractivity contribution in [3.05, 3.63) is 34.9 Å². The molecule has 3 aliphatic rings. The van der Waals surface area contributed by atoms with Crippen molar-refractivity contribution in [3.8, 4) is 0 Å². The van der Waals surface area contributed by atoms with Crippen LogP contribution in [0.3, 0.4) is 0 Å². The fourth-order valence-electron chi connectivity index (χ4n) is 4.38. The normalized spacial score (nSPS) is 22.3. The van der Waals surface area contributed by atoms with Crippen molar-refractivity contribution in [1.82, 2.24) is 4.72 Å². The van der Waals surface area contributed by atoms with Gasteiger partial charge in [-0.3, -0.25) is 4.79 Å². The first-order valence-corrected chi connectivity index (χ1v) is 11.1. The Labute approximate surface area is 155 Å². The van der Waals surface area contributed by atoms with Gasteiger partial charge >= 0.3 is 0 Å². The van der Waals surface area contributed by atoms with Gasteiger partial charge in [0.1, 0.15) is 0 Å². The molecular weight excluding hydrogens is 348 g/mol. The molecule has 1 N–H and O–H groups in total. The molecule has 1 amide bonds. The molecule has 0 saturated carbocycles. The lowest BCUT2D eigenvalue weighted by Crippen LogP contribution is -2.32. The lowest BCUT2D eigenvalue weighted by atomic mass is 9.97. The Balaban J connectivity index is 1.56. The Hall–Kier alpha value is -1.66. The van der Waals surface area contributed by atoms with E-state index in [1.807, 2.05) is 11.8 Å². The molecule has 0 spiro atoms. The van der Waals surface area contributed by atoms with E-state index in [1.165, 1.54) is 18.4 Å². The number of carbonyl (C=O) groups is 1. The van der Waals surface area contributed by atoms with Crippen LogP contribution >= 0.6 is 0 Å². The van der Waals surface area contributed by atoms with E-state index in [2.05, 4.69) is 10.8 Å². The average Bonchev–Trinajstić information content (AvgIpc) is 2.89. The highest BCUT2D eigenvalue weighted by Crippen LogP contribution is 2.43. The Kier molecular flexibility index (Phi) is 4.65. The van der Waals surface area contributed by atoms with Gasteiger partial charge in [0.2, 0.25) is 15.9 Å². The maximum atomic E-state index is 12.8. The van der Waals surface area contributed by atoms with Crippen LogP contribution in [0.25, 0.3) is 0 Å². The first kappa shape index (κ1) is 17.7. The van der Waals surface area contributed by atoms with Gasteiger partial charge in [-0.05, 0) is 75.1 Å². The van der Waals surface area contributed by atoms with Crippen molar-refractivity contribution in [2.75, 3.05) is 18.0 Å². The number of aryl methyl sites for hydroxylation is 1. The van der Waals surface area contributed by atoms with E-state index in [4.69, 9.17) is 0 Å². The molecule has 4 rings (SSSR count). The minimum Gasteiger partial charge on any atom is -0.311 e. The van der Waals surface area contributed by atoms with Crippen LogP contribution in [-0.4, -0.2) is 27.4 Å². The maximum absolute atomic E-state index is 12.8. The van der Waals surface area contributed by atoms with E-state index in [9.17, 15) is 13.2 Å². The molecule has 26 heavy (non-hydrogen) atoms. The number of amides is 1. The van der Waals surface area contributed by atoms with Crippen LogP contribution in [0.15, 0.2) is 28.7 Å². The van der Waals surface area contributed by atoms with Gasteiger partial charge < -0.3 is 4.90 Å². The van der Waals surface area contributed by atoms with Gasteiger partial charge in [0.25, 0.3) is 0 Å². The molecule has 6 heteroatoms. The molecule has 0 unspecified atom stereocenters. The van der Waals surface area contributed by atoms with Crippen molar-refractivity contribution in [1.29, 1.82) is 0 Å². The number of rotatable bonds is 5. The van der Waals surface area contributed by atoms with Crippen LogP contribution in [-0.2, 0) is 21.2 Å². The van der Waals surface area contributed by atoms with Gasteiger partial charge in [0.05, 0.1) is 16.5 Å². The standard InChI is InChI=1S/C20H26N2O3S/c1-14-18-13-17(12-16-8-5-11-22(19(16)18)20(14)23)26(24,25)21-10-9-15-6-3-2-4-7-15/h6,12-14,21H,2-5,7-11H2,1H3/t14-/m0/s1. The number of hydrogen-bond acceptors (Lipinski definition) is 3. The molecule has 5 nitrogen and oxygen atoms in total. The first-order valence-electron chi connectivity index (χ1n) is 9.63. The Morgan fingerprint density at radius 2 is 2.04 bits per heavy atom. The van der Waals surface area contributed by atoms with Crippen molar-refractivity contribution >= 4 is 21.6 Å². The van der Waals surface area contributed by atoms with Gasteiger partial charge in [-0.1, -0.05) is 11.6 Å². The van der Waals surface area contributed by atoms with E-state index < -0.39 is 10.0 Å². The highest BCUT2D eigenvalue weighted by molar-refractivity contribution is 7.89. The predicted molar refractivity (Wildman–Crippen MR) is 102 cm³/mol.